The van der Waals surface area contributed by atoms with E-state index in [0.29, 0.717) is 6.61 Å². The molecule has 0 fully saturated rings. The highest BCUT2D eigenvalue weighted by molar-refractivity contribution is 5.55. The number of hydrogen-bond donors (Lipinski definition) is 1. The summed E-state index contributed by atoms with van der Waals surface area (Å²) in [5, 5.41) is 3.44. The van der Waals surface area contributed by atoms with Crippen molar-refractivity contribution in [1.82, 2.24) is 4.98 Å². The quantitative estimate of drug-likeness (QED) is 0.871. The van der Waals surface area contributed by atoms with Crippen molar-refractivity contribution in [3.63, 3.8) is 0 Å². The maximum atomic E-state index is 5.58. The number of hydrogen-bond acceptors (Lipinski definition) is 4. The van der Waals surface area contributed by atoms with Crippen LogP contribution < -0.4 is 14.8 Å². The number of methoxy groups -OCH3 is 1. The zero-order valence-corrected chi connectivity index (χ0v) is 12.1. The van der Waals surface area contributed by atoms with Crippen LogP contribution >= 0.6 is 0 Å². The maximum Gasteiger partial charge on any atom is 0.163 e. The van der Waals surface area contributed by atoms with Gasteiger partial charge in [-0.25, -0.2) is 0 Å². The van der Waals surface area contributed by atoms with Gasteiger partial charge in [0.2, 0.25) is 0 Å². The van der Waals surface area contributed by atoms with Gasteiger partial charge in [-0.3, -0.25) is 4.98 Å². The number of nitrogens with one attached hydrogen (secondary N) is 1. The van der Waals surface area contributed by atoms with E-state index in [1.165, 1.54) is 5.56 Å². The minimum Gasteiger partial charge on any atom is -0.493 e. The van der Waals surface area contributed by atoms with Crippen molar-refractivity contribution in [1.29, 1.82) is 0 Å². The lowest BCUT2D eigenvalue weighted by Crippen LogP contribution is -2.07. The van der Waals surface area contributed by atoms with Crippen molar-refractivity contribution < 1.29 is 9.47 Å². The van der Waals surface area contributed by atoms with Crippen molar-refractivity contribution in [3.05, 3.63) is 48.3 Å². The highest BCUT2D eigenvalue weighted by Crippen LogP contribution is 2.31. The summed E-state index contributed by atoms with van der Waals surface area (Å²) in [4.78, 5) is 4.03. The van der Waals surface area contributed by atoms with E-state index in [9.17, 15) is 0 Å². The van der Waals surface area contributed by atoms with Gasteiger partial charge in [0.25, 0.3) is 0 Å². The molecule has 1 aromatic carbocycles. The maximum absolute atomic E-state index is 5.58. The number of benzene rings is 1. The van der Waals surface area contributed by atoms with Crippen LogP contribution in [-0.4, -0.2) is 18.7 Å². The summed E-state index contributed by atoms with van der Waals surface area (Å²) in [5.74, 6) is 1.50. The van der Waals surface area contributed by atoms with Crippen LogP contribution in [0.3, 0.4) is 0 Å². The van der Waals surface area contributed by atoms with Gasteiger partial charge >= 0.3 is 0 Å². The molecule has 0 radical (unpaired) electrons. The van der Waals surface area contributed by atoms with Crippen molar-refractivity contribution >= 4 is 5.69 Å². The van der Waals surface area contributed by atoms with Crippen molar-refractivity contribution in [3.8, 4) is 11.5 Å². The Labute approximate surface area is 119 Å². The second-order valence-electron chi connectivity index (χ2n) is 4.45. The number of rotatable bonds is 6. The molecule has 1 atom stereocenters. The molecular weight excluding hydrogens is 252 g/mol. The van der Waals surface area contributed by atoms with E-state index in [4.69, 9.17) is 9.47 Å². The van der Waals surface area contributed by atoms with Crippen LogP contribution in [0.4, 0.5) is 5.69 Å². The van der Waals surface area contributed by atoms with Crippen LogP contribution in [0.1, 0.15) is 25.5 Å². The van der Waals surface area contributed by atoms with Gasteiger partial charge in [-0.15, -0.1) is 0 Å². The summed E-state index contributed by atoms with van der Waals surface area (Å²) < 4.78 is 10.9. The summed E-state index contributed by atoms with van der Waals surface area (Å²) in [7, 11) is 1.64. The summed E-state index contributed by atoms with van der Waals surface area (Å²) in [6, 6.07) is 10.1. The lowest BCUT2D eigenvalue weighted by atomic mass is 10.1. The van der Waals surface area contributed by atoms with Crippen molar-refractivity contribution in [2.24, 2.45) is 0 Å². The average molecular weight is 272 g/mol. The van der Waals surface area contributed by atoms with E-state index < -0.39 is 0 Å². The van der Waals surface area contributed by atoms with Gasteiger partial charge in [-0.05, 0) is 43.7 Å². The molecule has 4 heteroatoms. The zero-order valence-electron chi connectivity index (χ0n) is 12.1. The minimum absolute atomic E-state index is 0.195. The van der Waals surface area contributed by atoms with Gasteiger partial charge in [-0.1, -0.05) is 0 Å². The standard InChI is InChI=1S/C16H20N2O2/c1-4-20-16-11-14(5-6-15(16)19-3)18-12(2)13-7-9-17-10-8-13/h5-12,18H,4H2,1-3H3. The van der Waals surface area contributed by atoms with E-state index in [2.05, 4.69) is 17.2 Å². The largest absolute Gasteiger partial charge is 0.493 e. The molecule has 0 saturated carbocycles. The lowest BCUT2D eigenvalue weighted by molar-refractivity contribution is 0.311. The number of aromatic nitrogens is 1. The fourth-order valence-electron chi connectivity index (χ4n) is 2.02. The third-order valence-electron chi connectivity index (χ3n) is 3.05. The van der Waals surface area contributed by atoms with Gasteiger partial charge in [0.05, 0.1) is 13.7 Å². The van der Waals surface area contributed by atoms with E-state index in [-0.39, 0.29) is 6.04 Å². The molecule has 0 aliphatic rings. The Kier molecular flexibility index (Phi) is 4.82. The molecule has 20 heavy (non-hydrogen) atoms. The zero-order chi connectivity index (χ0) is 14.4. The first-order chi connectivity index (χ1) is 9.74. The lowest BCUT2D eigenvalue weighted by Gasteiger charge is -2.17. The van der Waals surface area contributed by atoms with E-state index >= 15 is 0 Å². The molecule has 0 spiro atoms. The second kappa shape index (κ2) is 6.80. The van der Waals surface area contributed by atoms with Crippen molar-refractivity contribution in [2.45, 2.75) is 19.9 Å². The third kappa shape index (κ3) is 3.41. The fraction of sp³-hybridized carbons (Fsp3) is 0.312. The van der Waals surface area contributed by atoms with Crippen LogP contribution in [0.2, 0.25) is 0 Å². The van der Waals surface area contributed by atoms with Gasteiger partial charge in [0, 0.05) is 30.2 Å². The highest BCUT2D eigenvalue weighted by atomic mass is 16.5. The first-order valence-electron chi connectivity index (χ1n) is 6.72. The van der Waals surface area contributed by atoms with E-state index in [1.54, 1.807) is 19.5 Å². The van der Waals surface area contributed by atoms with E-state index in [1.807, 2.05) is 37.3 Å². The molecule has 1 N–H and O–H groups in total. The molecule has 0 saturated heterocycles. The van der Waals surface area contributed by atoms with Crippen LogP contribution in [-0.2, 0) is 0 Å². The molecule has 1 aromatic heterocycles. The molecule has 4 nitrogen and oxygen atoms in total. The first-order valence-corrected chi connectivity index (χ1v) is 6.72. The Morgan fingerprint density at radius 3 is 2.55 bits per heavy atom. The Hall–Kier alpha value is -2.23. The monoisotopic (exact) mass is 272 g/mol. The van der Waals surface area contributed by atoms with E-state index in [0.717, 1.165) is 17.2 Å². The second-order valence-corrected chi connectivity index (χ2v) is 4.45. The molecule has 1 unspecified atom stereocenters. The Morgan fingerprint density at radius 1 is 1.15 bits per heavy atom. The number of anilines is 1. The first kappa shape index (κ1) is 14.2. The number of pyridine rings is 1. The molecule has 0 amide bonds. The summed E-state index contributed by atoms with van der Waals surface area (Å²) in [6.45, 7) is 4.68. The molecule has 2 rings (SSSR count). The SMILES string of the molecule is CCOc1cc(NC(C)c2ccncc2)ccc1OC. The number of ether oxygens (including phenoxy) is 2. The predicted octanol–water partition coefficient (Wildman–Crippen LogP) is 3.66. The molecule has 0 bridgehead atoms. The van der Waals surface area contributed by atoms with Crippen LogP contribution in [0.15, 0.2) is 42.7 Å². The van der Waals surface area contributed by atoms with Gasteiger partial charge in [-0.2, -0.15) is 0 Å². The minimum atomic E-state index is 0.195. The Balaban J connectivity index is 2.15. The average Bonchev–Trinajstić information content (AvgIpc) is 2.49. The highest BCUT2D eigenvalue weighted by Gasteiger charge is 2.08. The van der Waals surface area contributed by atoms with Gasteiger partial charge in [0.1, 0.15) is 0 Å². The smallest absolute Gasteiger partial charge is 0.163 e. The molecule has 0 aliphatic carbocycles. The summed E-state index contributed by atoms with van der Waals surface area (Å²) in [5.41, 5.74) is 2.19. The molecule has 106 valence electrons. The van der Waals surface area contributed by atoms with Gasteiger partial charge in [0.15, 0.2) is 11.5 Å². The van der Waals surface area contributed by atoms with Crippen LogP contribution in [0.25, 0.3) is 0 Å². The van der Waals surface area contributed by atoms with Crippen LogP contribution in [0, 0.1) is 0 Å². The molecule has 2 aromatic rings. The number of nitrogens with zero attached hydrogens (tertiary/aromatic N) is 1. The molecular formula is C16H20N2O2. The Bertz CT molecular complexity index is 543. The van der Waals surface area contributed by atoms with Crippen molar-refractivity contribution in [2.75, 3.05) is 19.0 Å². The normalized spacial score (nSPS) is 11.8. The van der Waals surface area contributed by atoms with Crippen LogP contribution in [0.5, 0.6) is 11.5 Å². The predicted molar refractivity (Wildman–Crippen MR) is 80.4 cm³/mol. The Morgan fingerprint density at radius 2 is 1.90 bits per heavy atom. The fourth-order valence-corrected chi connectivity index (χ4v) is 2.02. The topological polar surface area (TPSA) is 43.4 Å². The third-order valence-corrected chi connectivity index (χ3v) is 3.05. The summed E-state index contributed by atoms with van der Waals surface area (Å²) in [6.07, 6.45) is 3.60. The molecule has 1 heterocycles. The van der Waals surface area contributed by atoms with Gasteiger partial charge < -0.3 is 14.8 Å². The molecule has 0 aliphatic heterocycles. The summed E-state index contributed by atoms with van der Waals surface area (Å²) >= 11 is 0.